The van der Waals surface area contributed by atoms with Gasteiger partial charge in [-0.05, 0) is 43.5 Å². The molecule has 1 aliphatic heterocycles. The summed E-state index contributed by atoms with van der Waals surface area (Å²) in [6.45, 7) is 8.86. The predicted octanol–water partition coefficient (Wildman–Crippen LogP) is 3.38. The van der Waals surface area contributed by atoms with Crippen LogP contribution in [0.4, 0.5) is 0 Å². The Labute approximate surface area is 176 Å². The van der Waals surface area contributed by atoms with E-state index in [4.69, 9.17) is 4.74 Å². The van der Waals surface area contributed by atoms with Crippen LogP contribution in [0.3, 0.4) is 0 Å². The van der Waals surface area contributed by atoms with Crippen molar-refractivity contribution in [2.75, 3.05) is 39.8 Å². The van der Waals surface area contributed by atoms with E-state index >= 15 is 0 Å². The van der Waals surface area contributed by atoms with E-state index in [2.05, 4.69) is 51.7 Å². The zero-order valence-electron chi connectivity index (χ0n) is 16.3. The Hall–Kier alpha value is -0.860. The summed E-state index contributed by atoms with van der Waals surface area (Å²) in [6.07, 6.45) is 5.11. The first-order valence-electron chi connectivity index (χ1n) is 9.65. The van der Waals surface area contributed by atoms with Gasteiger partial charge in [-0.1, -0.05) is 37.6 Å². The SMILES string of the molecule is CCCOCc1ccccc1CNC(=NC)NCCN1CCCCC1.I. The van der Waals surface area contributed by atoms with Crippen molar-refractivity contribution in [1.82, 2.24) is 15.5 Å². The zero-order valence-corrected chi connectivity index (χ0v) is 18.6. The molecule has 148 valence electrons. The summed E-state index contributed by atoms with van der Waals surface area (Å²) >= 11 is 0. The number of guanidine groups is 1. The van der Waals surface area contributed by atoms with Gasteiger partial charge in [0.25, 0.3) is 0 Å². The summed E-state index contributed by atoms with van der Waals surface area (Å²) in [5, 5.41) is 6.84. The first kappa shape index (κ1) is 23.2. The van der Waals surface area contributed by atoms with Gasteiger partial charge in [0, 0.05) is 33.3 Å². The van der Waals surface area contributed by atoms with Gasteiger partial charge in [-0.15, -0.1) is 24.0 Å². The number of rotatable bonds is 9. The highest BCUT2D eigenvalue weighted by Crippen LogP contribution is 2.10. The normalized spacial score (nSPS) is 15.4. The highest BCUT2D eigenvalue weighted by Gasteiger charge is 2.09. The van der Waals surface area contributed by atoms with Gasteiger partial charge in [-0.25, -0.2) is 0 Å². The molecule has 1 saturated heterocycles. The fourth-order valence-corrected chi connectivity index (χ4v) is 3.11. The maximum Gasteiger partial charge on any atom is 0.191 e. The average molecular weight is 474 g/mol. The minimum absolute atomic E-state index is 0. The molecular weight excluding hydrogens is 439 g/mol. The molecule has 0 aliphatic carbocycles. The van der Waals surface area contributed by atoms with Gasteiger partial charge in [-0.2, -0.15) is 0 Å². The molecule has 5 nitrogen and oxygen atoms in total. The zero-order chi connectivity index (χ0) is 17.7. The van der Waals surface area contributed by atoms with Crippen LogP contribution in [0.15, 0.2) is 29.3 Å². The molecule has 1 aromatic rings. The molecule has 0 saturated carbocycles. The Bertz CT molecular complexity index is 518. The molecule has 1 aliphatic rings. The quantitative estimate of drug-likeness (QED) is 0.250. The van der Waals surface area contributed by atoms with Gasteiger partial charge in [0.05, 0.1) is 6.61 Å². The van der Waals surface area contributed by atoms with Crippen LogP contribution in [0.25, 0.3) is 0 Å². The number of benzene rings is 1. The summed E-state index contributed by atoms with van der Waals surface area (Å²) in [4.78, 5) is 6.87. The fraction of sp³-hybridized carbons (Fsp3) is 0.650. The van der Waals surface area contributed by atoms with Crippen LogP contribution in [0.2, 0.25) is 0 Å². The molecule has 1 aromatic carbocycles. The molecule has 0 unspecified atom stereocenters. The van der Waals surface area contributed by atoms with Crippen LogP contribution < -0.4 is 10.6 Å². The van der Waals surface area contributed by atoms with Crippen molar-refractivity contribution in [1.29, 1.82) is 0 Å². The van der Waals surface area contributed by atoms with Gasteiger partial charge >= 0.3 is 0 Å². The van der Waals surface area contributed by atoms with E-state index in [0.717, 1.165) is 38.6 Å². The monoisotopic (exact) mass is 474 g/mol. The number of halogens is 1. The summed E-state index contributed by atoms with van der Waals surface area (Å²) < 4.78 is 5.70. The van der Waals surface area contributed by atoms with E-state index in [-0.39, 0.29) is 24.0 Å². The second-order valence-corrected chi connectivity index (χ2v) is 6.58. The van der Waals surface area contributed by atoms with Crippen LogP contribution in [0.5, 0.6) is 0 Å². The Morgan fingerprint density at radius 3 is 2.54 bits per heavy atom. The number of nitrogens with zero attached hydrogens (tertiary/aromatic N) is 2. The maximum absolute atomic E-state index is 5.70. The van der Waals surface area contributed by atoms with Crippen molar-refractivity contribution in [3.05, 3.63) is 35.4 Å². The lowest BCUT2D eigenvalue weighted by molar-refractivity contribution is 0.121. The topological polar surface area (TPSA) is 48.9 Å². The van der Waals surface area contributed by atoms with E-state index < -0.39 is 0 Å². The van der Waals surface area contributed by atoms with Gasteiger partial charge in [-0.3, -0.25) is 4.99 Å². The first-order chi connectivity index (χ1) is 12.3. The third-order valence-electron chi connectivity index (χ3n) is 4.56. The number of nitrogens with one attached hydrogen (secondary N) is 2. The first-order valence-corrected chi connectivity index (χ1v) is 9.65. The fourth-order valence-electron chi connectivity index (χ4n) is 3.11. The van der Waals surface area contributed by atoms with Crippen molar-refractivity contribution in [2.45, 2.75) is 45.8 Å². The lowest BCUT2D eigenvalue weighted by Crippen LogP contribution is -2.42. The number of likely N-dealkylation sites (tertiary alicyclic amines) is 1. The Balaban J connectivity index is 0.00000338. The Morgan fingerprint density at radius 2 is 1.85 bits per heavy atom. The molecule has 0 aromatic heterocycles. The van der Waals surface area contributed by atoms with Crippen molar-refractivity contribution < 1.29 is 4.74 Å². The van der Waals surface area contributed by atoms with Crippen LogP contribution in [-0.4, -0.2) is 50.7 Å². The number of ether oxygens (including phenoxy) is 1. The third-order valence-corrected chi connectivity index (χ3v) is 4.56. The van der Waals surface area contributed by atoms with Gasteiger partial charge in [0.1, 0.15) is 0 Å². The second kappa shape index (κ2) is 14.2. The largest absolute Gasteiger partial charge is 0.377 e. The standard InChI is InChI=1S/C20H34N4O.HI/c1-3-15-25-17-19-10-6-5-9-18(19)16-23-20(21-2)22-11-14-24-12-7-4-8-13-24;/h5-6,9-10H,3-4,7-8,11-17H2,1-2H3,(H2,21,22,23);1H. The van der Waals surface area contributed by atoms with E-state index in [1.807, 2.05) is 7.05 Å². The highest BCUT2D eigenvalue weighted by atomic mass is 127. The smallest absolute Gasteiger partial charge is 0.191 e. The Morgan fingerprint density at radius 1 is 1.12 bits per heavy atom. The van der Waals surface area contributed by atoms with E-state index in [9.17, 15) is 0 Å². The minimum Gasteiger partial charge on any atom is -0.377 e. The van der Waals surface area contributed by atoms with Crippen molar-refractivity contribution >= 4 is 29.9 Å². The van der Waals surface area contributed by atoms with Crippen molar-refractivity contribution in [3.8, 4) is 0 Å². The molecule has 1 fully saturated rings. The van der Waals surface area contributed by atoms with Gasteiger partial charge < -0.3 is 20.3 Å². The molecule has 0 atom stereocenters. The second-order valence-electron chi connectivity index (χ2n) is 6.58. The number of piperidine rings is 1. The number of aliphatic imine (C=N–C) groups is 1. The van der Waals surface area contributed by atoms with Crippen LogP contribution in [0, 0.1) is 0 Å². The van der Waals surface area contributed by atoms with E-state index in [1.54, 1.807) is 0 Å². The highest BCUT2D eigenvalue weighted by molar-refractivity contribution is 14.0. The predicted molar refractivity (Wildman–Crippen MR) is 120 cm³/mol. The van der Waals surface area contributed by atoms with Crippen LogP contribution in [-0.2, 0) is 17.9 Å². The molecule has 0 radical (unpaired) electrons. The van der Waals surface area contributed by atoms with Gasteiger partial charge in [0.2, 0.25) is 0 Å². The molecule has 26 heavy (non-hydrogen) atoms. The lowest BCUT2D eigenvalue weighted by atomic mass is 10.1. The molecule has 0 bridgehead atoms. The third kappa shape index (κ3) is 8.68. The lowest BCUT2D eigenvalue weighted by Gasteiger charge is -2.26. The summed E-state index contributed by atoms with van der Waals surface area (Å²) in [7, 11) is 1.83. The molecule has 2 N–H and O–H groups in total. The average Bonchev–Trinajstić information content (AvgIpc) is 2.66. The Kier molecular flexibility index (Phi) is 12.7. The van der Waals surface area contributed by atoms with E-state index in [0.29, 0.717) is 6.61 Å². The van der Waals surface area contributed by atoms with Gasteiger partial charge in [0.15, 0.2) is 5.96 Å². The number of hydrogen-bond acceptors (Lipinski definition) is 3. The van der Waals surface area contributed by atoms with Crippen molar-refractivity contribution in [3.63, 3.8) is 0 Å². The molecule has 0 spiro atoms. The molecule has 1 heterocycles. The number of hydrogen-bond donors (Lipinski definition) is 2. The molecule has 0 amide bonds. The van der Waals surface area contributed by atoms with E-state index in [1.165, 1.54) is 43.5 Å². The summed E-state index contributed by atoms with van der Waals surface area (Å²) in [5.41, 5.74) is 2.50. The summed E-state index contributed by atoms with van der Waals surface area (Å²) in [5.74, 6) is 0.862. The van der Waals surface area contributed by atoms with Crippen molar-refractivity contribution in [2.24, 2.45) is 4.99 Å². The van der Waals surface area contributed by atoms with Crippen LogP contribution in [0.1, 0.15) is 43.7 Å². The molecular formula is C20H35IN4O. The maximum atomic E-state index is 5.70. The molecule has 2 rings (SSSR count). The minimum atomic E-state index is 0. The molecule has 6 heteroatoms. The van der Waals surface area contributed by atoms with Crippen LogP contribution >= 0.6 is 24.0 Å². The summed E-state index contributed by atoms with van der Waals surface area (Å²) in [6, 6.07) is 8.44.